The number of aryl methyl sites for hydroxylation is 2. The fourth-order valence-electron chi connectivity index (χ4n) is 3.38. The first kappa shape index (κ1) is 12.7. The maximum atomic E-state index is 12.6. The molecule has 1 amide bonds. The Morgan fingerprint density at radius 1 is 1.42 bits per heavy atom. The SMILES string of the molecule is Cc1noc(C)c1C(=O)N1CC[C@@H]2NCCC[C@@H]2C1. The van der Waals surface area contributed by atoms with Gasteiger partial charge in [0.2, 0.25) is 0 Å². The Labute approximate surface area is 113 Å². The molecule has 104 valence electrons. The van der Waals surface area contributed by atoms with Crippen molar-refractivity contribution in [1.82, 2.24) is 15.4 Å². The number of rotatable bonds is 1. The lowest BCUT2D eigenvalue weighted by Gasteiger charge is -2.41. The summed E-state index contributed by atoms with van der Waals surface area (Å²) in [4.78, 5) is 14.6. The van der Waals surface area contributed by atoms with Crippen LogP contribution in [0.3, 0.4) is 0 Å². The third kappa shape index (κ3) is 2.27. The monoisotopic (exact) mass is 263 g/mol. The van der Waals surface area contributed by atoms with Crippen molar-refractivity contribution in [2.75, 3.05) is 19.6 Å². The van der Waals surface area contributed by atoms with Crippen molar-refractivity contribution in [3.8, 4) is 0 Å². The molecule has 0 spiro atoms. The molecule has 19 heavy (non-hydrogen) atoms. The van der Waals surface area contributed by atoms with Crippen LogP contribution in [0.15, 0.2) is 4.52 Å². The van der Waals surface area contributed by atoms with E-state index in [1.54, 1.807) is 0 Å². The number of nitrogens with one attached hydrogen (secondary N) is 1. The van der Waals surface area contributed by atoms with E-state index in [-0.39, 0.29) is 5.91 Å². The van der Waals surface area contributed by atoms with Crippen LogP contribution in [0.25, 0.3) is 0 Å². The molecule has 2 atom stereocenters. The van der Waals surface area contributed by atoms with E-state index in [1.165, 1.54) is 12.8 Å². The van der Waals surface area contributed by atoms with Crippen LogP contribution in [0.2, 0.25) is 0 Å². The average Bonchev–Trinajstić information content (AvgIpc) is 2.77. The number of amides is 1. The molecule has 0 radical (unpaired) electrons. The summed E-state index contributed by atoms with van der Waals surface area (Å²) in [6.45, 7) is 6.46. The van der Waals surface area contributed by atoms with Crippen LogP contribution in [0.5, 0.6) is 0 Å². The number of hydrogen-bond donors (Lipinski definition) is 1. The van der Waals surface area contributed by atoms with Gasteiger partial charge in [0.25, 0.3) is 5.91 Å². The Balaban J connectivity index is 1.74. The highest BCUT2D eigenvalue weighted by molar-refractivity contribution is 5.96. The highest BCUT2D eigenvalue weighted by atomic mass is 16.5. The smallest absolute Gasteiger partial charge is 0.259 e. The lowest BCUT2D eigenvalue weighted by Crippen LogP contribution is -2.53. The minimum Gasteiger partial charge on any atom is -0.361 e. The second-order valence-corrected chi connectivity index (χ2v) is 5.70. The number of hydrogen-bond acceptors (Lipinski definition) is 4. The molecule has 1 N–H and O–H groups in total. The first-order valence-corrected chi connectivity index (χ1v) is 7.12. The van der Waals surface area contributed by atoms with Gasteiger partial charge in [-0.05, 0) is 45.6 Å². The molecule has 2 aliphatic heterocycles. The third-order valence-corrected chi connectivity index (χ3v) is 4.43. The number of fused-ring (bicyclic) bond motifs is 1. The molecule has 3 heterocycles. The van der Waals surface area contributed by atoms with Gasteiger partial charge in [-0.1, -0.05) is 5.16 Å². The minimum absolute atomic E-state index is 0.0836. The molecule has 0 aliphatic carbocycles. The number of likely N-dealkylation sites (tertiary alicyclic amines) is 1. The number of aromatic nitrogens is 1. The quantitative estimate of drug-likeness (QED) is 0.834. The molecule has 5 heteroatoms. The van der Waals surface area contributed by atoms with Gasteiger partial charge >= 0.3 is 0 Å². The van der Waals surface area contributed by atoms with Crippen LogP contribution < -0.4 is 5.32 Å². The van der Waals surface area contributed by atoms with E-state index >= 15 is 0 Å². The van der Waals surface area contributed by atoms with Crippen molar-refractivity contribution >= 4 is 5.91 Å². The topological polar surface area (TPSA) is 58.4 Å². The van der Waals surface area contributed by atoms with Gasteiger partial charge in [0.1, 0.15) is 11.3 Å². The van der Waals surface area contributed by atoms with Crippen molar-refractivity contribution in [1.29, 1.82) is 0 Å². The molecule has 3 rings (SSSR count). The lowest BCUT2D eigenvalue weighted by molar-refractivity contribution is 0.0590. The van der Waals surface area contributed by atoms with E-state index in [2.05, 4.69) is 10.5 Å². The molecular weight excluding hydrogens is 242 g/mol. The highest BCUT2D eigenvalue weighted by Gasteiger charge is 2.34. The fourth-order valence-corrected chi connectivity index (χ4v) is 3.38. The summed E-state index contributed by atoms with van der Waals surface area (Å²) in [6, 6.07) is 0.600. The fraction of sp³-hybridized carbons (Fsp3) is 0.714. The zero-order chi connectivity index (χ0) is 13.4. The summed E-state index contributed by atoms with van der Waals surface area (Å²) < 4.78 is 5.10. The second kappa shape index (κ2) is 4.96. The van der Waals surface area contributed by atoms with Crippen molar-refractivity contribution < 1.29 is 9.32 Å². The summed E-state index contributed by atoms with van der Waals surface area (Å²) in [6.07, 6.45) is 3.50. The Morgan fingerprint density at radius 2 is 2.26 bits per heavy atom. The van der Waals surface area contributed by atoms with E-state index < -0.39 is 0 Å². The second-order valence-electron chi connectivity index (χ2n) is 5.70. The predicted octanol–water partition coefficient (Wildman–Crippen LogP) is 1.51. The number of carbonyl (C=O) groups is 1. The first-order valence-electron chi connectivity index (χ1n) is 7.12. The van der Waals surface area contributed by atoms with Crippen LogP contribution in [0.1, 0.15) is 41.1 Å². The maximum absolute atomic E-state index is 12.6. The van der Waals surface area contributed by atoms with Gasteiger partial charge in [-0.2, -0.15) is 0 Å². The van der Waals surface area contributed by atoms with Gasteiger partial charge in [0, 0.05) is 19.1 Å². The van der Waals surface area contributed by atoms with Crippen LogP contribution >= 0.6 is 0 Å². The maximum Gasteiger partial charge on any atom is 0.259 e. The zero-order valence-electron chi connectivity index (χ0n) is 11.6. The van der Waals surface area contributed by atoms with Crippen LogP contribution in [0.4, 0.5) is 0 Å². The lowest BCUT2D eigenvalue weighted by atomic mass is 9.85. The van der Waals surface area contributed by atoms with Gasteiger partial charge in [-0.3, -0.25) is 4.79 Å². The standard InChI is InChI=1S/C14H21N3O2/c1-9-13(10(2)19-16-9)14(18)17-7-5-12-11(8-17)4-3-6-15-12/h11-12,15H,3-8H2,1-2H3/t11-,12+/m1/s1. The molecule has 5 nitrogen and oxygen atoms in total. The largest absolute Gasteiger partial charge is 0.361 e. The molecular formula is C14H21N3O2. The minimum atomic E-state index is 0.0836. The van der Waals surface area contributed by atoms with Gasteiger partial charge in [0.15, 0.2) is 0 Å². The number of piperidine rings is 2. The van der Waals surface area contributed by atoms with Crippen LogP contribution in [-0.4, -0.2) is 41.6 Å². The summed E-state index contributed by atoms with van der Waals surface area (Å²) in [5.74, 6) is 1.32. The van der Waals surface area contributed by atoms with Crippen molar-refractivity contribution in [2.24, 2.45) is 5.92 Å². The summed E-state index contributed by atoms with van der Waals surface area (Å²) in [5.41, 5.74) is 1.36. The molecule has 1 aromatic rings. The highest BCUT2D eigenvalue weighted by Crippen LogP contribution is 2.26. The molecule has 2 saturated heterocycles. The van der Waals surface area contributed by atoms with Crippen molar-refractivity contribution in [3.63, 3.8) is 0 Å². The summed E-state index contributed by atoms with van der Waals surface area (Å²) in [7, 11) is 0. The Morgan fingerprint density at radius 3 is 3.00 bits per heavy atom. The Bertz CT molecular complexity index is 464. The van der Waals surface area contributed by atoms with E-state index in [1.807, 2.05) is 18.7 Å². The predicted molar refractivity (Wildman–Crippen MR) is 71.0 cm³/mol. The van der Waals surface area contributed by atoms with E-state index in [0.29, 0.717) is 29.0 Å². The van der Waals surface area contributed by atoms with Gasteiger partial charge in [-0.25, -0.2) is 0 Å². The van der Waals surface area contributed by atoms with Crippen LogP contribution in [0, 0.1) is 19.8 Å². The third-order valence-electron chi connectivity index (χ3n) is 4.43. The van der Waals surface area contributed by atoms with Crippen molar-refractivity contribution in [2.45, 2.75) is 39.2 Å². The van der Waals surface area contributed by atoms with E-state index in [9.17, 15) is 4.79 Å². The molecule has 0 aromatic carbocycles. The average molecular weight is 263 g/mol. The molecule has 0 saturated carbocycles. The first-order chi connectivity index (χ1) is 9.16. The Hall–Kier alpha value is -1.36. The Kier molecular flexibility index (Phi) is 3.31. The molecule has 1 aromatic heterocycles. The summed E-state index contributed by atoms with van der Waals surface area (Å²) >= 11 is 0. The zero-order valence-corrected chi connectivity index (χ0v) is 11.6. The van der Waals surface area contributed by atoms with Gasteiger partial charge in [0.05, 0.1) is 5.69 Å². The van der Waals surface area contributed by atoms with E-state index in [4.69, 9.17) is 4.52 Å². The molecule has 2 aliphatic rings. The van der Waals surface area contributed by atoms with Crippen LogP contribution in [-0.2, 0) is 0 Å². The van der Waals surface area contributed by atoms with E-state index in [0.717, 1.165) is 26.1 Å². The number of carbonyl (C=O) groups excluding carboxylic acids is 1. The molecule has 2 fully saturated rings. The van der Waals surface area contributed by atoms with Gasteiger partial charge in [-0.15, -0.1) is 0 Å². The molecule has 0 unspecified atom stereocenters. The van der Waals surface area contributed by atoms with Crippen molar-refractivity contribution in [3.05, 3.63) is 17.0 Å². The normalized spacial score (nSPS) is 27.2. The van der Waals surface area contributed by atoms with Gasteiger partial charge < -0.3 is 14.7 Å². The number of nitrogens with zero attached hydrogens (tertiary/aromatic N) is 2. The molecule has 0 bridgehead atoms. The summed E-state index contributed by atoms with van der Waals surface area (Å²) in [5, 5.41) is 7.45.